The quantitative estimate of drug-likeness (QED) is 0.250. The van der Waals surface area contributed by atoms with Crippen LogP contribution in [0.2, 0.25) is 0 Å². The van der Waals surface area contributed by atoms with Crippen LogP contribution < -0.4 is 10.2 Å². The fourth-order valence-corrected chi connectivity index (χ4v) is 4.05. The van der Waals surface area contributed by atoms with Crippen LogP contribution in [-0.2, 0) is 4.74 Å². The lowest BCUT2D eigenvalue weighted by Crippen LogP contribution is -2.29. The molecule has 1 fully saturated rings. The molecule has 178 valence electrons. The Morgan fingerprint density at radius 1 is 0.886 bits per heavy atom. The number of nitrogens with zero attached hydrogens (tertiary/aromatic N) is 2. The summed E-state index contributed by atoms with van der Waals surface area (Å²) in [5.74, 6) is -0.736. The van der Waals surface area contributed by atoms with E-state index in [2.05, 4.69) is 15.4 Å². The van der Waals surface area contributed by atoms with Gasteiger partial charge >= 0.3 is 5.97 Å². The average Bonchev–Trinajstić information content (AvgIpc) is 2.92. The molecule has 0 unspecified atom stereocenters. The third-order valence-corrected chi connectivity index (χ3v) is 6.01. The van der Waals surface area contributed by atoms with Crippen LogP contribution in [0, 0.1) is 4.91 Å². The molecule has 7 heteroatoms. The van der Waals surface area contributed by atoms with Crippen molar-refractivity contribution in [2.24, 2.45) is 5.18 Å². The van der Waals surface area contributed by atoms with Crippen molar-refractivity contribution in [3.8, 4) is 0 Å². The van der Waals surface area contributed by atoms with E-state index in [1.165, 1.54) is 13.5 Å². The van der Waals surface area contributed by atoms with Gasteiger partial charge in [-0.05, 0) is 78.0 Å². The first-order chi connectivity index (χ1) is 17.1. The summed E-state index contributed by atoms with van der Waals surface area (Å²) in [7, 11) is 1.35. The number of esters is 1. The van der Waals surface area contributed by atoms with Gasteiger partial charge in [-0.2, -0.15) is 0 Å². The molecular weight excluding hydrogens is 442 g/mol. The summed E-state index contributed by atoms with van der Waals surface area (Å²) in [4.78, 5) is 38.0. The Morgan fingerprint density at radius 3 is 2.11 bits per heavy atom. The van der Waals surface area contributed by atoms with Crippen LogP contribution in [0.3, 0.4) is 0 Å². The van der Waals surface area contributed by atoms with Crippen LogP contribution >= 0.6 is 0 Å². The number of piperidine rings is 1. The molecule has 1 aliphatic rings. The van der Waals surface area contributed by atoms with Crippen molar-refractivity contribution in [1.82, 2.24) is 0 Å². The molecule has 1 N–H and O–H groups in total. The number of hydrogen-bond acceptors (Lipinski definition) is 6. The first-order valence-electron chi connectivity index (χ1n) is 11.6. The summed E-state index contributed by atoms with van der Waals surface area (Å²) in [5.41, 5.74) is 4.33. The number of hydrogen-bond donors (Lipinski definition) is 1. The van der Waals surface area contributed by atoms with Crippen molar-refractivity contribution in [1.29, 1.82) is 0 Å². The van der Waals surface area contributed by atoms with Gasteiger partial charge in [0.1, 0.15) is 5.69 Å². The highest BCUT2D eigenvalue weighted by molar-refractivity contribution is 6.08. The Bertz CT molecular complexity index is 1230. The third kappa shape index (κ3) is 6.00. The zero-order valence-electron chi connectivity index (χ0n) is 19.6. The summed E-state index contributed by atoms with van der Waals surface area (Å²) in [5, 5.41) is 5.90. The molecule has 3 aromatic rings. The molecule has 1 heterocycles. The van der Waals surface area contributed by atoms with Crippen molar-refractivity contribution in [2.45, 2.75) is 19.3 Å². The Kier molecular flexibility index (Phi) is 7.67. The van der Waals surface area contributed by atoms with Gasteiger partial charge in [0.25, 0.3) is 5.91 Å². The molecule has 0 aromatic heterocycles. The largest absolute Gasteiger partial charge is 0.465 e. The fraction of sp³-hybridized carbons (Fsp3) is 0.214. The second-order valence-corrected chi connectivity index (χ2v) is 8.36. The van der Waals surface area contributed by atoms with Gasteiger partial charge in [-0.1, -0.05) is 36.4 Å². The smallest absolute Gasteiger partial charge is 0.337 e. The minimum Gasteiger partial charge on any atom is -0.465 e. The molecule has 7 nitrogen and oxygen atoms in total. The van der Waals surface area contributed by atoms with Crippen LogP contribution in [0.5, 0.6) is 0 Å². The molecule has 0 atom stereocenters. The maximum Gasteiger partial charge on any atom is 0.337 e. The van der Waals surface area contributed by atoms with Gasteiger partial charge in [-0.15, -0.1) is 4.91 Å². The van der Waals surface area contributed by atoms with E-state index in [4.69, 9.17) is 4.74 Å². The Hall–Kier alpha value is -4.26. The second kappa shape index (κ2) is 11.2. The predicted molar refractivity (Wildman–Crippen MR) is 139 cm³/mol. The molecule has 0 saturated carbocycles. The van der Waals surface area contributed by atoms with E-state index >= 15 is 0 Å². The first kappa shape index (κ1) is 23.9. The molecule has 0 spiro atoms. The highest BCUT2D eigenvalue weighted by atomic mass is 16.5. The van der Waals surface area contributed by atoms with Crippen molar-refractivity contribution in [3.63, 3.8) is 0 Å². The van der Waals surface area contributed by atoms with E-state index in [1.54, 1.807) is 36.4 Å². The van der Waals surface area contributed by atoms with Crippen molar-refractivity contribution >= 4 is 41.1 Å². The van der Waals surface area contributed by atoms with Gasteiger partial charge < -0.3 is 15.0 Å². The summed E-state index contributed by atoms with van der Waals surface area (Å²) in [6.45, 7) is 1.89. The van der Waals surface area contributed by atoms with Gasteiger partial charge in [0, 0.05) is 24.5 Å². The first-order valence-corrected chi connectivity index (χ1v) is 11.6. The Labute approximate surface area is 204 Å². The lowest BCUT2D eigenvalue weighted by Gasteiger charge is -2.29. The van der Waals surface area contributed by atoms with E-state index in [0.717, 1.165) is 42.7 Å². The van der Waals surface area contributed by atoms with Crippen LogP contribution in [0.25, 0.3) is 12.2 Å². The predicted octanol–water partition coefficient (Wildman–Crippen LogP) is 6.28. The number of rotatable bonds is 7. The van der Waals surface area contributed by atoms with E-state index in [0.29, 0.717) is 11.3 Å². The standard InChI is InChI=1S/C28H27N3O4/c1-35-28(33)22-11-7-20(8-12-22)5-6-21-9-13-23(14-10-21)29-27(32)25-19-24(15-16-26(25)30-34)31-17-3-2-4-18-31/h5-16,19H,2-4,17-18H2,1H3,(H,29,32)/b6-5+. The second-order valence-electron chi connectivity index (χ2n) is 8.36. The lowest BCUT2D eigenvalue weighted by atomic mass is 10.1. The number of amides is 1. The molecule has 1 aliphatic heterocycles. The normalized spacial score (nSPS) is 13.5. The number of ether oxygens (including phenoxy) is 1. The molecule has 35 heavy (non-hydrogen) atoms. The Balaban J connectivity index is 1.43. The monoisotopic (exact) mass is 469 g/mol. The molecular formula is C28H27N3O4. The summed E-state index contributed by atoms with van der Waals surface area (Å²) in [6.07, 6.45) is 7.33. The molecule has 1 saturated heterocycles. The Morgan fingerprint density at radius 2 is 1.51 bits per heavy atom. The van der Waals surface area contributed by atoms with Gasteiger partial charge in [0.05, 0.1) is 18.2 Å². The van der Waals surface area contributed by atoms with Crippen LogP contribution in [-0.4, -0.2) is 32.1 Å². The highest BCUT2D eigenvalue weighted by Gasteiger charge is 2.17. The van der Waals surface area contributed by atoms with Gasteiger partial charge in [-0.3, -0.25) is 4.79 Å². The maximum atomic E-state index is 12.9. The summed E-state index contributed by atoms with van der Waals surface area (Å²) in [6, 6.07) is 19.7. The number of nitroso groups, excluding NO2 is 1. The number of anilines is 2. The van der Waals surface area contributed by atoms with Crippen LogP contribution in [0.4, 0.5) is 17.1 Å². The molecule has 0 radical (unpaired) electrons. The summed E-state index contributed by atoms with van der Waals surface area (Å²) < 4.78 is 4.71. The minimum absolute atomic E-state index is 0.126. The van der Waals surface area contributed by atoms with E-state index < -0.39 is 0 Å². The summed E-state index contributed by atoms with van der Waals surface area (Å²) >= 11 is 0. The van der Waals surface area contributed by atoms with Crippen molar-refractivity contribution in [3.05, 3.63) is 93.9 Å². The molecule has 0 aliphatic carbocycles. The zero-order valence-corrected chi connectivity index (χ0v) is 19.6. The highest BCUT2D eigenvalue weighted by Crippen LogP contribution is 2.28. The number of methoxy groups -OCH3 is 1. The number of carbonyl (C=O) groups excluding carboxylic acids is 2. The van der Waals surface area contributed by atoms with Gasteiger partial charge in [-0.25, -0.2) is 4.79 Å². The number of benzene rings is 3. The number of carbonyl (C=O) groups is 2. The molecule has 0 bridgehead atoms. The lowest BCUT2D eigenvalue weighted by molar-refractivity contribution is 0.0600. The van der Waals surface area contributed by atoms with Crippen molar-refractivity contribution < 1.29 is 14.3 Å². The van der Waals surface area contributed by atoms with Gasteiger partial charge in [0.2, 0.25) is 0 Å². The topological polar surface area (TPSA) is 88.1 Å². The third-order valence-electron chi connectivity index (χ3n) is 6.01. The van der Waals surface area contributed by atoms with Crippen LogP contribution in [0.15, 0.2) is 71.9 Å². The van der Waals surface area contributed by atoms with E-state index in [1.807, 2.05) is 42.5 Å². The minimum atomic E-state index is -0.368. The van der Waals surface area contributed by atoms with E-state index in [9.17, 15) is 14.5 Å². The van der Waals surface area contributed by atoms with E-state index in [-0.39, 0.29) is 23.1 Å². The van der Waals surface area contributed by atoms with Crippen LogP contribution in [0.1, 0.15) is 51.1 Å². The molecule has 3 aromatic carbocycles. The number of nitrogens with one attached hydrogen (secondary N) is 1. The maximum absolute atomic E-state index is 12.9. The molecule has 1 amide bonds. The zero-order chi connectivity index (χ0) is 24.6. The van der Waals surface area contributed by atoms with Gasteiger partial charge in [0.15, 0.2) is 0 Å². The fourth-order valence-electron chi connectivity index (χ4n) is 4.05. The SMILES string of the molecule is COC(=O)c1ccc(/C=C/c2ccc(NC(=O)c3cc(N4CCCCC4)ccc3N=O)cc2)cc1. The van der Waals surface area contributed by atoms with Crippen molar-refractivity contribution in [2.75, 3.05) is 30.4 Å². The molecule has 4 rings (SSSR count). The average molecular weight is 470 g/mol.